The second-order valence-electron chi connectivity index (χ2n) is 6.85. The number of sulfonamides is 1. The summed E-state index contributed by atoms with van der Waals surface area (Å²) in [6.07, 6.45) is 2.82. The van der Waals surface area contributed by atoms with E-state index >= 15 is 0 Å². The maximum atomic E-state index is 13.3. The van der Waals surface area contributed by atoms with Gasteiger partial charge in [0.15, 0.2) is 0 Å². The van der Waals surface area contributed by atoms with Gasteiger partial charge < -0.3 is 9.64 Å². The van der Waals surface area contributed by atoms with Crippen LogP contribution in [0.3, 0.4) is 0 Å². The topological polar surface area (TPSA) is 75.7 Å². The highest BCUT2D eigenvalue weighted by Gasteiger charge is 2.37. The fourth-order valence-corrected chi connectivity index (χ4v) is 6.15. The highest BCUT2D eigenvalue weighted by atomic mass is 79.9. The summed E-state index contributed by atoms with van der Waals surface area (Å²) >= 11 is 3.08. The predicted octanol–water partition coefficient (Wildman–Crippen LogP) is 3.70. The summed E-state index contributed by atoms with van der Waals surface area (Å²) in [5.41, 5.74) is 2.14. The number of esters is 1. The number of ether oxygens (including phenoxy) is 1. The average Bonchev–Trinajstić information content (AvgIpc) is 3.21. The minimum Gasteiger partial charge on any atom is -0.465 e. The van der Waals surface area contributed by atoms with Crippen molar-refractivity contribution < 1.29 is 22.3 Å². The normalized spacial score (nSPS) is 18.0. The molecule has 1 N–H and O–H groups in total. The molecule has 6 nitrogen and oxygen atoms in total. The van der Waals surface area contributed by atoms with Gasteiger partial charge in [-0.2, -0.15) is 0 Å². The number of carbonyl (C=O) groups excluding carboxylic acids is 1. The molecule has 2 aliphatic heterocycles. The van der Waals surface area contributed by atoms with Crippen LogP contribution in [0, 0.1) is 5.82 Å². The highest BCUT2D eigenvalue weighted by Crippen LogP contribution is 2.42. The molecule has 0 spiro atoms. The number of fused-ring (bicyclic) bond motifs is 3. The van der Waals surface area contributed by atoms with Crippen molar-refractivity contribution in [1.29, 1.82) is 0 Å². The van der Waals surface area contributed by atoms with E-state index in [4.69, 9.17) is 4.74 Å². The van der Waals surface area contributed by atoms with Crippen LogP contribution in [0.25, 0.3) is 0 Å². The lowest BCUT2D eigenvalue weighted by Crippen LogP contribution is -2.24. The van der Waals surface area contributed by atoms with Gasteiger partial charge in [-0.1, -0.05) is 0 Å². The Balaban J connectivity index is 1.78. The maximum Gasteiger partial charge on any atom is 0.340 e. The van der Waals surface area contributed by atoms with Crippen LogP contribution in [0.5, 0.6) is 0 Å². The van der Waals surface area contributed by atoms with Crippen LogP contribution in [0.15, 0.2) is 39.7 Å². The van der Waals surface area contributed by atoms with Gasteiger partial charge >= 0.3 is 5.97 Å². The zero-order valence-corrected chi connectivity index (χ0v) is 17.4. The van der Waals surface area contributed by atoms with Gasteiger partial charge in [0.05, 0.1) is 18.4 Å². The van der Waals surface area contributed by atoms with E-state index in [9.17, 15) is 17.6 Å². The number of nitrogens with zero attached hydrogens (tertiary/aromatic N) is 1. The fraction of sp³-hybridized carbons (Fsp3) is 0.316. The average molecular weight is 469 g/mol. The van der Waals surface area contributed by atoms with E-state index in [0.29, 0.717) is 12.5 Å². The Kier molecular flexibility index (Phi) is 4.83. The molecule has 28 heavy (non-hydrogen) atoms. The molecular weight excluding hydrogens is 451 g/mol. The third kappa shape index (κ3) is 3.16. The van der Waals surface area contributed by atoms with Gasteiger partial charge in [0.2, 0.25) is 0 Å². The number of anilines is 2. The van der Waals surface area contributed by atoms with E-state index < -0.39 is 21.8 Å². The van der Waals surface area contributed by atoms with Gasteiger partial charge in [-0.05, 0) is 71.1 Å². The minimum absolute atomic E-state index is 0.0985. The number of halogens is 2. The molecule has 2 aliphatic rings. The van der Waals surface area contributed by atoms with Gasteiger partial charge in [0, 0.05) is 22.7 Å². The lowest BCUT2D eigenvalue weighted by atomic mass is 10.00. The van der Waals surface area contributed by atoms with E-state index in [0.717, 1.165) is 42.8 Å². The molecule has 1 unspecified atom stereocenters. The lowest BCUT2D eigenvalue weighted by Gasteiger charge is -2.20. The quantitative estimate of drug-likeness (QED) is 0.692. The number of rotatable bonds is 4. The molecule has 1 fully saturated rings. The van der Waals surface area contributed by atoms with Crippen molar-refractivity contribution in [2.24, 2.45) is 0 Å². The summed E-state index contributed by atoms with van der Waals surface area (Å²) in [4.78, 5) is 14.7. The molecule has 2 heterocycles. The van der Waals surface area contributed by atoms with Crippen molar-refractivity contribution in [3.63, 3.8) is 0 Å². The van der Waals surface area contributed by atoms with Gasteiger partial charge in [-0.25, -0.2) is 17.6 Å². The Hall–Kier alpha value is -2.13. The Morgan fingerprint density at radius 1 is 1.32 bits per heavy atom. The standard InChI is InChI=1S/C19H18BrFN2O4S/c1-27-19(24)18-13-10-12-3-2-8-23(12)16(13)6-5-15(18)22-28(25,26)17-7-4-11(21)9-14(17)20/h4-7,9,12,22H,2-3,8,10H2,1H3. The van der Waals surface area contributed by atoms with Gasteiger partial charge in [0.25, 0.3) is 10.0 Å². The first-order chi connectivity index (χ1) is 13.3. The minimum atomic E-state index is -4.05. The first-order valence-corrected chi connectivity index (χ1v) is 11.1. The van der Waals surface area contributed by atoms with E-state index in [1.165, 1.54) is 13.2 Å². The summed E-state index contributed by atoms with van der Waals surface area (Å²) in [6.45, 7) is 0.922. The van der Waals surface area contributed by atoms with Crippen molar-refractivity contribution in [1.82, 2.24) is 0 Å². The van der Waals surface area contributed by atoms with Gasteiger partial charge in [-0.15, -0.1) is 0 Å². The summed E-state index contributed by atoms with van der Waals surface area (Å²) in [5.74, 6) is -1.15. The molecule has 0 amide bonds. The van der Waals surface area contributed by atoms with Crippen LogP contribution in [-0.2, 0) is 21.2 Å². The Bertz CT molecular complexity index is 1070. The van der Waals surface area contributed by atoms with Crippen molar-refractivity contribution in [2.45, 2.75) is 30.2 Å². The zero-order chi connectivity index (χ0) is 20.1. The van der Waals surface area contributed by atoms with Crippen LogP contribution < -0.4 is 9.62 Å². The Morgan fingerprint density at radius 3 is 2.82 bits per heavy atom. The van der Waals surface area contributed by atoms with Crippen LogP contribution >= 0.6 is 15.9 Å². The molecule has 4 rings (SSSR count). The van der Waals surface area contributed by atoms with Crippen molar-refractivity contribution in [2.75, 3.05) is 23.3 Å². The Morgan fingerprint density at radius 2 is 2.11 bits per heavy atom. The molecular formula is C19H18BrFN2O4S. The fourth-order valence-electron chi connectivity index (χ4n) is 4.03. The number of hydrogen-bond acceptors (Lipinski definition) is 5. The first-order valence-electron chi connectivity index (χ1n) is 8.80. The lowest BCUT2D eigenvalue weighted by molar-refractivity contribution is 0.0601. The predicted molar refractivity (Wildman–Crippen MR) is 107 cm³/mol. The number of benzene rings is 2. The van der Waals surface area contributed by atoms with Crippen molar-refractivity contribution in [3.8, 4) is 0 Å². The smallest absolute Gasteiger partial charge is 0.340 e. The molecule has 0 aliphatic carbocycles. The molecule has 9 heteroatoms. The maximum absolute atomic E-state index is 13.3. The monoisotopic (exact) mass is 468 g/mol. The number of carbonyl (C=O) groups is 1. The third-order valence-electron chi connectivity index (χ3n) is 5.23. The SMILES string of the molecule is COC(=O)c1c(NS(=O)(=O)c2ccc(F)cc2Br)ccc2c1CC1CCCN21. The summed E-state index contributed by atoms with van der Waals surface area (Å²) in [5, 5.41) is 0. The van der Waals surface area contributed by atoms with E-state index in [2.05, 4.69) is 25.6 Å². The first kappa shape index (κ1) is 19.2. The molecule has 0 saturated carbocycles. The van der Waals surface area contributed by atoms with E-state index in [1.54, 1.807) is 6.07 Å². The largest absolute Gasteiger partial charge is 0.465 e. The third-order valence-corrected chi connectivity index (χ3v) is 7.57. The second-order valence-corrected chi connectivity index (χ2v) is 9.36. The van der Waals surface area contributed by atoms with Crippen LogP contribution in [0.4, 0.5) is 15.8 Å². The van der Waals surface area contributed by atoms with E-state index in [-0.39, 0.29) is 20.6 Å². The zero-order valence-electron chi connectivity index (χ0n) is 15.0. The molecule has 1 atom stereocenters. The number of nitrogens with one attached hydrogen (secondary N) is 1. The van der Waals surface area contributed by atoms with Crippen LogP contribution in [-0.4, -0.2) is 34.1 Å². The van der Waals surface area contributed by atoms with Gasteiger partial charge in [0.1, 0.15) is 10.7 Å². The van der Waals surface area contributed by atoms with Crippen LogP contribution in [0.1, 0.15) is 28.8 Å². The molecule has 1 saturated heterocycles. The van der Waals surface area contributed by atoms with E-state index in [1.807, 2.05) is 6.07 Å². The van der Waals surface area contributed by atoms with Crippen LogP contribution in [0.2, 0.25) is 0 Å². The molecule has 148 valence electrons. The van der Waals surface area contributed by atoms with Gasteiger partial charge in [-0.3, -0.25) is 4.72 Å². The molecule has 2 aromatic carbocycles. The molecule has 2 aromatic rings. The number of hydrogen-bond donors (Lipinski definition) is 1. The summed E-state index contributed by atoms with van der Waals surface area (Å²) in [6, 6.07) is 7.07. The summed E-state index contributed by atoms with van der Waals surface area (Å²) in [7, 11) is -2.78. The van der Waals surface area contributed by atoms with Crippen molar-refractivity contribution >= 4 is 43.3 Å². The second kappa shape index (κ2) is 7.04. The molecule has 0 aromatic heterocycles. The number of methoxy groups -OCH3 is 1. The summed E-state index contributed by atoms with van der Waals surface area (Å²) < 4.78 is 46.6. The Labute approximate surface area is 170 Å². The van der Waals surface area contributed by atoms with Crippen molar-refractivity contribution in [3.05, 3.63) is 51.7 Å². The molecule has 0 radical (unpaired) electrons. The highest BCUT2D eigenvalue weighted by molar-refractivity contribution is 9.10. The molecule has 0 bridgehead atoms.